The predicted molar refractivity (Wildman–Crippen MR) is 102 cm³/mol. The molecule has 8 heteroatoms. The van der Waals surface area contributed by atoms with Crippen molar-refractivity contribution in [1.82, 2.24) is 9.88 Å². The minimum Gasteiger partial charge on any atom is -0.368 e. The second-order valence-electron chi connectivity index (χ2n) is 7.02. The van der Waals surface area contributed by atoms with Crippen molar-refractivity contribution in [3.8, 4) is 0 Å². The van der Waals surface area contributed by atoms with Gasteiger partial charge < -0.3 is 10.6 Å². The lowest BCUT2D eigenvalue weighted by molar-refractivity contribution is -0.125. The minimum atomic E-state index is -0.774. The Hall–Kier alpha value is -3.29. The first-order valence-electron chi connectivity index (χ1n) is 9.14. The van der Waals surface area contributed by atoms with E-state index in [1.165, 1.54) is 29.3 Å². The number of amides is 2. The number of hydrazone groups is 1. The molecule has 1 fully saturated rings. The lowest BCUT2D eigenvalue weighted by Crippen LogP contribution is -2.40. The molecule has 0 saturated heterocycles. The molecule has 7 nitrogen and oxygen atoms in total. The molecule has 2 amide bonds. The molecule has 2 heterocycles. The molecular weight excluding hydrogens is 361 g/mol. The summed E-state index contributed by atoms with van der Waals surface area (Å²) < 4.78 is 13.2. The van der Waals surface area contributed by atoms with E-state index < -0.39 is 17.8 Å². The Morgan fingerprint density at radius 2 is 1.96 bits per heavy atom. The van der Waals surface area contributed by atoms with E-state index in [2.05, 4.69) is 10.1 Å². The number of halogens is 1. The largest absolute Gasteiger partial charge is 0.368 e. The third kappa shape index (κ3) is 3.71. The summed E-state index contributed by atoms with van der Waals surface area (Å²) in [6.45, 7) is 0.439. The van der Waals surface area contributed by atoms with Crippen molar-refractivity contribution in [2.24, 2.45) is 10.8 Å². The fraction of sp³-hybridized carbons (Fsp3) is 0.300. The van der Waals surface area contributed by atoms with Gasteiger partial charge in [0.25, 0.3) is 5.91 Å². The summed E-state index contributed by atoms with van der Waals surface area (Å²) in [5.74, 6) is -1.18. The first-order valence-corrected chi connectivity index (χ1v) is 9.14. The number of carbonyl (C=O) groups is 2. The number of anilines is 1. The molecule has 4 rings (SSSR count). The molecule has 0 bridgehead atoms. The van der Waals surface area contributed by atoms with Gasteiger partial charge in [0.15, 0.2) is 0 Å². The van der Waals surface area contributed by atoms with E-state index in [4.69, 9.17) is 5.73 Å². The number of rotatable bonds is 6. The number of nitrogens with zero attached hydrogens (tertiary/aromatic N) is 4. The minimum absolute atomic E-state index is 0.127. The maximum Gasteiger partial charge on any atom is 0.270 e. The van der Waals surface area contributed by atoms with Gasteiger partial charge in [-0.25, -0.2) is 4.39 Å². The van der Waals surface area contributed by atoms with Crippen LogP contribution >= 0.6 is 0 Å². The van der Waals surface area contributed by atoms with Crippen LogP contribution in [0.5, 0.6) is 0 Å². The van der Waals surface area contributed by atoms with Crippen LogP contribution in [0.3, 0.4) is 0 Å². The quantitative estimate of drug-likeness (QED) is 0.826. The van der Waals surface area contributed by atoms with Gasteiger partial charge in [-0.2, -0.15) is 5.10 Å². The molecule has 28 heavy (non-hydrogen) atoms. The van der Waals surface area contributed by atoms with Crippen LogP contribution in [0.4, 0.5) is 10.1 Å². The highest BCUT2D eigenvalue weighted by Gasteiger charge is 2.40. The van der Waals surface area contributed by atoms with Crippen LogP contribution in [0.1, 0.15) is 24.8 Å². The maximum atomic E-state index is 13.2. The average Bonchev–Trinajstić information content (AvgIpc) is 3.44. The number of primary amides is 1. The van der Waals surface area contributed by atoms with Gasteiger partial charge in [-0.05, 0) is 48.7 Å². The Balaban J connectivity index is 1.59. The van der Waals surface area contributed by atoms with Crippen LogP contribution in [-0.2, 0) is 16.1 Å². The van der Waals surface area contributed by atoms with Gasteiger partial charge in [-0.15, -0.1) is 0 Å². The number of carbonyl (C=O) groups excluding carboxylic acids is 2. The molecule has 1 unspecified atom stereocenters. The Morgan fingerprint density at radius 3 is 2.57 bits per heavy atom. The molecule has 0 radical (unpaired) electrons. The fourth-order valence-corrected chi connectivity index (χ4v) is 3.30. The van der Waals surface area contributed by atoms with Crippen LogP contribution in [0.2, 0.25) is 0 Å². The number of nitrogens with two attached hydrogens (primary N) is 1. The van der Waals surface area contributed by atoms with E-state index in [-0.39, 0.29) is 24.1 Å². The van der Waals surface area contributed by atoms with Gasteiger partial charge in [-0.1, -0.05) is 6.07 Å². The molecule has 144 valence electrons. The van der Waals surface area contributed by atoms with Gasteiger partial charge in [0, 0.05) is 31.4 Å². The topological polar surface area (TPSA) is 91.9 Å². The van der Waals surface area contributed by atoms with Gasteiger partial charge in [0.05, 0.1) is 5.69 Å². The number of pyridine rings is 1. The van der Waals surface area contributed by atoms with Gasteiger partial charge >= 0.3 is 0 Å². The normalized spacial score (nSPS) is 18.7. The van der Waals surface area contributed by atoms with E-state index >= 15 is 0 Å². The van der Waals surface area contributed by atoms with Crippen molar-refractivity contribution in [3.63, 3.8) is 0 Å². The first-order chi connectivity index (χ1) is 13.5. The van der Waals surface area contributed by atoms with E-state index in [1.54, 1.807) is 17.3 Å². The van der Waals surface area contributed by atoms with Gasteiger partial charge in [-0.3, -0.25) is 19.6 Å². The third-order valence-corrected chi connectivity index (χ3v) is 4.90. The lowest BCUT2D eigenvalue weighted by atomic mass is 10.1. The van der Waals surface area contributed by atoms with Crippen molar-refractivity contribution < 1.29 is 14.0 Å². The number of hydrogen-bond acceptors (Lipinski definition) is 5. The summed E-state index contributed by atoms with van der Waals surface area (Å²) in [4.78, 5) is 31.0. The Labute approximate surface area is 161 Å². The Morgan fingerprint density at radius 1 is 1.21 bits per heavy atom. The molecule has 1 aliphatic carbocycles. The highest BCUT2D eigenvalue weighted by atomic mass is 19.1. The van der Waals surface area contributed by atoms with Crippen molar-refractivity contribution in [2.45, 2.75) is 37.9 Å². The van der Waals surface area contributed by atoms with E-state index in [9.17, 15) is 14.0 Å². The van der Waals surface area contributed by atoms with Crippen LogP contribution < -0.4 is 10.7 Å². The van der Waals surface area contributed by atoms with Crippen LogP contribution in [0.15, 0.2) is 53.9 Å². The van der Waals surface area contributed by atoms with Gasteiger partial charge in [0.1, 0.15) is 17.6 Å². The van der Waals surface area contributed by atoms with Gasteiger partial charge in [0.2, 0.25) is 5.91 Å². The molecule has 1 atom stereocenters. The second-order valence-corrected chi connectivity index (χ2v) is 7.02. The third-order valence-electron chi connectivity index (χ3n) is 4.90. The highest BCUT2D eigenvalue weighted by Crippen LogP contribution is 2.31. The summed E-state index contributed by atoms with van der Waals surface area (Å²) >= 11 is 0. The smallest absolute Gasteiger partial charge is 0.270 e. The summed E-state index contributed by atoms with van der Waals surface area (Å²) in [5, 5.41) is 5.79. The molecule has 2 aliphatic rings. The van der Waals surface area contributed by atoms with Crippen LogP contribution in [0.25, 0.3) is 0 Å². The zero-order chi connectivity index (χ0) is 19.7. The molecule has 1 aromatic carbocycles. The summed E-state index contributed by atoms with van der Waals surface area (Å²) in [7, 11) is 0. The monoisotopic (exact) mass is 381 g/mol. The summed E-state index contributed by atoms with van der Waals surface area (Å²) in [6, 6.07) is 8.72. The first kappa shape index (κ1) is 18.1. The number of aromatic nitrogens is 1. The Kier molecular flexibility index (Phi) is 4.77. The van der Waals surface area contributed by atoms with Crippen LogP contribution in [-0.4, -0.2) is 39.5 Å². The molecule has 2 N–H and O–H groups in total. The molecule has 1 saturated carbocycles. The number of hydrogen-bond donors (Lipinski definition) is 1. The van der Waals surface area contributed by atoms with Crippen molar-refractivity contribution in [2.75, 3.05) is 5.01 Å². The van der Waals surface area contributed by atoms with E-state index in [1.807, 2.05) is 12.1 Å². The van der Waals surface area contributed by atoms with E-state index in [0.717, 1.165) is 18.4 Å². The Bertz CT molecular complexity index is 912. The van der Waals surface area contributed by atoms with Crippen LogP contribution in [0, 0.1) is 5.82 Å². The summed E-state index contributed by atoms with van der Waals surface area (Å²) in [5.41, 5.74) is 7.26. The molecule has 1 aliphatic heterocycles. The lowest BCUT2D eigenvalue weighted by Gasteiger charge is -2.22. The molecule has 0 spiro atoms. The zero-order valence-electron chi connectivity index (χ0n) is 15.2. The second kappa shape index (κ2) is 7.38. The fourth-order valence-electron chi connectivity index (χ4n) is 3.30. The standard InChI is InChI=1S/C20H20FN5O2/c21-14-3-5-16(6-4-14)26-18(19(22)27)10-17(24-26)20(28)25(15-7-8-15)12-13-2-1-9-23-11-13/h1-6,9,11,15,18H,7-8,10,12H2,(H2,22,27). The molecule has 2 aromatic rings. The highest BCUT2D eigenvalue weighted by molar-refractivity contribution is 6.40. The van der Waals surface area contributed by atoms with E-state index in [0.29, 0.717) is 12.2 Å². The molecular formula is C20H20FN5O2. The zero-order valence-corrected chi connectivity index (χ0v) is 15.2. The predicted octanol–water partition coefficient (Wildman–Crippen LogP) is 1.83. The number of benzene rings is 1. The van der Waals surface area contributed by atoms with Crippen molar-refractivity contribution in [3.05, 3.63) is 60.2 Å². The average molecular weight is 381 g/mol. The van der Waals surface area contributed by atoms with Crippen molar-refractivity contribution in [1.29, 1.82) is 0 Å². The summed E-state index contributed by atoms with van der Waals surface area (Å²) in [6.07, 6.45) is 5.43. The maximum absolute atomic E-state index is 13.2. The SMILES string of the molecule is NC(=O)C1CC(C(=O)N(Cc2cccnc2)C2CC2)=NN1c1ccc(F)cc1. The molecule has 1 aromatic heterocycles. The van der Waals surface area contributed by atoms with Crippen molar-refractivity contribution >= 4 is 23.2 Å².